The van der Waals surface area contributed by atoms with Crippen LogP contribution in [0.15, 0.2) is 60.7 Å². The van der Waals surface area contributed by atoms with E-state index in [-0.39, 0.29) is 5.97 Å². The molecule has 0 bridgehead atoms. The highest BCUT2D eigenvalue weighted by Gasteiger charge is 1.97. The minimum Gasteiger partial charge on any atom is -0.461 e. The van der Waals surface area contributed by atoms with Gasteiger partial charge in [-0.05, 0) is 17.7 Å². The Hall–Kier alpha value is -1.80. The first-order chi connectivity index (χ1) is 9.22. The van der Waals surface area contributed by atoms with Crippen LogP contribution < -0.4 is 0 Å². The van der Waals surface area contributed by atoms with Gasteiger partial charge in [0.05, 0.1) is 0 Å². The van der Waals surface area contributed by atoms with Crippen LogP contribution in [-0.4, -0.2) is 5.97 Å². The van der Waals surface area contributed by atoms with E-state index in [1.165, 1.54) is 0 Å². The smallest absolute Gasteiger partial charge is 0.305 e. The van der Waals surface area contributed by atoms with Crippen LogP contribution in [-0.2, 0) is 16.1 Å². The Balaban J connectivity index is 0.000000218. The lowest BCUT2D eigenvalue weighted by Crippen LogP contribution is -2.01. The summed E-state index contributed by atoms with van der Waals surface area (Å²) in [6.45, 7) is 2.17. The van der Waals surface area contributed by atoms with Gasteiger partial charge in [-0.25, -0.2) is 0 Å². The van der Waals surface area contributed by atoms with Crippen molar-refractivity contribution in [1.29, 1.82) is 0 Å². The second-order valence-corrected chi connectivity index (χ2v) is 4.23. The lowest BCUT2D eigenvalue weighted by atomic mass is 10.2. The maximum atomic E-state index is 10.8. The van der Waals surface area contributed by atoms with E-state index in [1.54, 1.807) is 6.92 Å². The van der Waals surface area contributed by atoms with Gasteiger partial charge in [0.15, 0.2) is 0 Å². The molecule has 0 aliphatic heterocycles. The molecular weight excluding hydrogens is 260 g/mol. The largest absolute Gasteiger partial charge is 0.461 e. The molecule has 0 saturated heterocycles. The maximum absolute atomic E-state index is 10.8. The Labute approximate surface area is 119 Å². The third kappa shape index (κ3) is 7.27. The molecule has 2 rings (SSSR count). The van der Waals surface area contributed by atoms with Crippen LogP contribution in [0.5, 0.6) is 0 Å². The molecule has 2 aromatic rings. The molecule has 100 valence electrons. The molecule has 3 heteroatoms. The van der Waals surface area contributed by atoms with Gasteiger partial charge in [0, 0.05) is 11.4 Å². The summed E-state index contributed by atoms with van der Waals surface area (Å²) in [5.74, 6) is -0.154. The zero-order valence-corrected chi connectivity index (χ0v) is 11.6. The zero-order chi connectivity index (χ0) is 13.9. The molecule has 0 amide bonds. The molecule has 0 N–H and O–H groups in total. The monoisotopic (exact) mass is 276 g/mol. The second-order valence-electron chi connectivity index (χ2n) is 3.80. The average Bonchev–Trinajstić information content (AvgIpc) is 2.47. The fourth-order valence-corrected chi connectivity index (χ4v) is 1.40. The quantitative estimate of drug-likeness (QED) is 0.773. The van der Waals surface area contributed by atoms with Gasteiger partial charge in [-0.2, -0.15) is 0 Å². The van der Waals surface area contributed by atoms with Crippen molar-refractivity contribution in [1.82, 2.24) is 0 Å². The normalized spacial score (nSPS) is 9.16. The molecule has 19 heavy (non-hydrogen) atoms. The third-order valence-electron chi connectivity index (χ3n) is 2.26. The molecule has 0 atom stereocenters. The average molecular weight is 277 g/mol. The van der Waals surface area contributed by atoms with Crippen LogP contribution in [0.25, 0.3) is 0 Å². The molecule has 0 unspecified atom stereocenters. The molecule has 2 nitrogen and oxygen atoms in total. The molecule has 0 aromatic heterocycles. The van der Waals surface area contributed by atoms with Crippen molar-refractivity contribution in [2.45, 2.75) is 20.0 Å². The minimum absolute atomic E-state index is 0.154. The molecule has 0 fully saturated rings. The van der Waals surface area contributed by atoms with Crippen molar-refractivity contribution < 1.29 is 9.53 Å². The molecule has 0 aliphatic rings. The predicted molar refractivity (Wildman–Crippen MR) is 78.0 cm³/mol. The summed E-state index contributed by atoms with van der Waals surface area (Å²) in [6, 6.07) is 19.1. The first-order valence-electron chi connectivity index (χ1n) is 6.12. The van der Waals surface area contributed by atoms with Gasteiger partial charge in [-0.3, -0.25) is 4.79 Å². The molecule has 0 aliphatic carbocycles. The Morgan fingerprint density at radius 1 is 1.00 bits per heavy atom. The topological polar surface area (TPSA) is 26.3 Å². The van der Waals surface area contributed by atoms with Crippen LogP contribution >= 0.6 is 11.6 Å². The number of hydrogen-bond acceptors (Lipinski definition) is 2. The number of benzene rings is 2. The van der Waals surface area contributed by atoms with Gasteiger partial charge in [-0.1, -0.05) is 67.1 Å². The van der Waals surface area contributed by atoms with Gasteiger partial charge < -0.3 is 4.74 Å². The molecule has 0 saturated carbocycles. The minimum atomic E-state index is -0.154. The lowest BCUT2D eigenvalue weighted by Gasteiger charge is -2.01. The molecule has 0 spiro atoms. The number of halogens is 1. The van der Waals surface area contributed by atoms with E-state index in [0.29, 0.717) is 13.0 Å². The van der Waals surface area contributed by atoms with Crippen molar-refractivity contribution >= 4 is 17.6 Å². The first kappa shape index (κ1) is 15.3. The molecule has 0 heterocycles. The van der Waals surface area contributed by atoms with Crippen molar-refractivity contribution in [3.8, 4) is 0 Å². The van der Waals surface area contributed by atoms with Crippen molar-refractivity contribution in [3.05, 3.63) is 71.2 Å². The number of rotatable bonds is 3. The van der Waals surface area contributed by atoms with Crippen LogP contribution in [0.1, 0.15) is 18.9 Å². The summed E-state index contributed by atoms with van der Waals surface area (Å²) < 4.78 is 4.94. The van der Waals surface area contributed by atoms with Gasteiger partial charge in [0.2, 0.25) is 0 Å². The van der Waals surface area contributed by atoms with Crippen LogP contribution in [0.3, 0.4) is 0 Å². The Kier molecular flexibility index (Phi) is 7.37. The van der Waals surface area contributed by atoms with Crippen LogP contribution in [0.2, 0.25) is 5.02 Å². The van der Waals surface area contributed by atoms with Crippen LogP contribution in [0, 0.1) is 0 Å². The lowest BCUT2D eigenvalue weighted by molar-refractivity contribution is -0.144. The van der Waals surface area contributed by atoms with E-state index in [2.05, 4.69) is 0 Å². The molecular formula is C16H17ClO2. The first-order valence-corrected chi connectivity index (χ1v) is 6.50. The highest BCUT2D eigenvalue weighted by molar-refractivity contribution is 6.30. The zero-order valence-electron chi connectivity index (χ0n) is 10.9. The summed E-state index contributed by atoms with van der Waals surface area (Å²) >= 11 is 5.54. The Morgan fingerprint density at radius 2 is 1.53 bits per heavy atom. The summed E-state index contributed by atoms with van der Waals surface area (Å²) in [5, 5.41) is 0.794. The number of ether oxygens (including phenoxy) is 1. The maximum Gasteiger partial charge on any atom is 0.305 e. The van der Waals surface area contributed by atoms with Gasteiger partial charge in [0.25, 0.3) is 0 Å². The number of hydrogen-bond donors (Lipinski definition) is 0. The fraction of sp³-hybridized carbons (Fsp3) is 0.188. The van der Waals surface area contributed by atoms with E-state index in [1.807, 2.05) is 60.7 Å². The van der Waals surface area contributed by atoms with Gasteiger partial charge in [0.1, 0.15) is 6.61 Å². The summed E-state index contributed by atoms with van der Waals surface area (Å²) in [7, 11) is 0. The Bertz CT molecular complexity index is 469. The van der Waals surface area contributed by atoms with Crippen LogP contribution in [0.4, 0.5) is 0 Å². The fourth-order valence-electron chi connectivity index (χ4n) is 1.25. The molecule has 0 radical (unpaired) electrons. The van der Waals surface area contributed by atoms with E-state index < -0.39 is 0 Å². The second kappa shape index (κ2) is 9.17. The standard InChI is InChI=1S/C10H12O2.C6H5Cl/c1-2-10(11)12-8-9-6-4-3-5-7-9;7-6-4-2-1-3-5-6/h3-7H,2,8H2,1H3;1-5H. The van der Waals surface area contributed by atoms with Crippen molar-refractivity contribution in [3.63, 3.8) is 0 Å². The number of carbonyl (C=O) groups is 1. The van der Waals surface area contributed by atoms with E-state index in [9.17, 15) is 4.79 Å². The third-order valence-corrected chi connectivity index (χ3v) is 2.52. The van der Waals surface area contributed by atoms with E-state index in [4.69, 9.17) is 16.3 Å². The molecule has 2 aromatic carbocycles. The highest BCUT2D eigenvalue weighted by Crippen LogP contribution is 2.03. The van der Waals surface area contributed by atoms with Crippen molar-refractivity contribution in [2.24, 2.45) is 0 Å². The van der Waals surface area contributed by atoms with Gasteiger partial charge in [-0.15, -0.1) is 0 Å². The summed E-state index contributed by atoms with van der Waals surface area (Å²) in [5.41, 5.74) is 1.03. The Morgan fingerprint density at radius 3 is 1.95 bits per heavy atom. The van der Waals surface area contributed by atoms with Crippen molar-refractivity contribution in [2.75, 3.05) is 0 Å². The summed E-state index contributed by atoms with van der Waals surface area (Å²) in [4.78, 5) is 10.8. The number of esters is 1. The SMILES string of the molecule is CCC(=O)OCc1ccccc1.Clc1ccccc1. The van der Waals surface area contributed by atoms with Gasteiger partial charge >= 0.3 is 5.97 Å². The number of carbonyl (C=O) groups excluding carboxylic acids is 1. The predicted octanol–water partition coefficient (Wildman–Crippen LogP) is 4.48. The summed E-state index contributed by atoms with van der Waals surface area (Å²) in [6.07, 6.45) is 0.437. The van der Waals surface area contributed by atoms with E-state index in [0.717, 1.165) is 10.6 Å². The van der Waals surface area contributed by atoms with E-state index >= 15 is 0 Å². The highest BCUT2D eigenvalue weighted by atomic mass is 35.5.